The minimum atomic E-state index is -0.415. The van der Waals surface area contributed by atoms with Crippen molar-refractivity contribution in [1.82, 2.24) is 20.7 Å². The van der Waals surface area contributed by atoms with E-state index in [9.17, 15) is 4.79 Å². The number of carbonyl (C=O) groups excluding carboxylic acids is 1. The predicted molar refractivity (Wildman–Crippen MR) is 121 cm³/mol. The number of aryl methyl sites for hydroxylation is 1. The van der Waals surface area contributed by atoms with Gasteiger partial charge in [0.05, 0.1) is 22.5 Å². The van der Waals surface area contributed by atoms with Gasteiger partial charge < -0.3 is 0 Å². The number of benzene rings is 2. The molecule has 2 aromatic carbocycles. The summed E-state index contributed by atoms with van der Waals surface area (Å²) in [4.78, 5) is 12.5. The fourth-order valence-electron chi connectivity index (χ4n) is 3.30. The maximum absolute atomic E-state index is 12.5. The van der Waals surface area contributed by atoms with Crippen LogP contribution in [0.4, 0.5) is 0 Å². The van der Waals surface area contributed by atoms with Crippen LogP contribution in [0.2, 0.25) is 10.0 Å². The Balaban J connectivity index is 1.52. The molecule has 0 aliphatic carbocycles. The first kappa shape index (κ1) is 20.8. The number of para-hydroxylation sites is 1. The number of hydrazone groups is 1. The van der Waals surface area contributed by atoms with Crippen LogP contribution >= 0.6 is 23.2 Å². The van der Waals surface area contributed by atoms with Crippen LogP contribution in [-0.4, -0.2) is 27.4 Å². The van der Waals surface area contributed by atoms with E-state index in [4.69, 9.17) is 23.2 Å². The third-order valence-electron chi connectivity index (χ3n) is 4.78. The largest absolute Gasteiger partial charge is 0.289 e. The highest BCUT2D eigenvalue weighted by atomic mass is 35.5. The van der Waals surface area contributed by atoms with Crippen LogP contribution in [-0.2, 0) is 0 Å². The monoisotopic (exact) mass is 453 g/mol. The highest BCUT2D eigenvalue weighted by molar-refractivity contribution is 6.36. The first-order valence-electron chi connectivity index (χ1n) is 9.45. The molecule has 7 nitrogen and oxygen atoms in total. The summed E-state index contributed by atoms with van der Waals surface area (Å²) in [5.74, 6) is -0.415. The Labute approximate surface area is 188 Å². The first-order valence-corrected chi connectivity index (χ1v) is 10.2. The van der Waals surface area contributed by atoms with Gasteiger partial charge in [-0.1, -0.05) is 52.1 Å². The second-order valence-electron chi connectivity index (χ2n) is 6.90. The zero-order valence-corrected chi connectivity index (χ0v) is 18.3. The normalized spacial score (nSPS) is 11.2. The number of aromatic nitrogens is 4. The molecule has 0 spiro atoms. The summed E-state index contributed by atoms with van der Waals surface area (Å²) in [7, 11) is 0. The Morgan fingerprint density at radius 1 is 1.13 bits per heavy atom. The van der Waals surface area contributed by atoms with E-state index in [0.29, 0.717) is 27.0 Å². The molecule has 9 heteroatoms. The number of amides is 1. The minimum absolute atomic E-state index is 0.292. The SMILES string of the molecule is Cc1[nH][n+](-c2ccccc2)c(C)c1-c1cc(C(=O)N/N=C/c2ccc(Cl)cc2Cl)[nH]n1. The summed E-state index contributed by atoms with van der Waals surface area (Å²) in [6.07, 6.45) is 1.46. The molecule has 0 radical (unpaired) electrons. The molecular weight excluding hydrogens is 435 g/mol. The van der Waals surface area contributed by atoms with Crippen LogP contribution in [0.5, 0.6) is 0 Å². The summed E-state index contributed by atoms with van der Waals surface area (Å²) in [6, 6.07) is 16.7. The van der Waals surface area contributed by atoms with Crippen LogP contribution < -0.4 is 10.1 Å². The van der Waals surface area contributed by atoms with Gasteiger partial charge in [-0.25, -0.2) is 5.43 Å². The molecule has 4 rings (SSSR count). The molecule has 2 aromatic heterocycles. The van der Waals surface area contributed by atoms with Gasteiger partial charge in [-0.15, -0.1) is 0 Å². The van der Waals surface area contributed by atoms with Gasteiger partial charge >= 0.3 is 0 Å². The van der Waals surface area contributed by atoms with Crippen molar-refractivity contribution in [2.45, 2.75) is 13.8 Å². The zero-order valence-electron chi connectivity index (χ0n) is 16.8. The highest BCUT2D eigenvalue weighted by Crippen LogP contribution is 2.24. The van der Waals surface area contributed by atoms with Crippen molar-refractivity contribution in [3.05, 3.63) is 87.3 Å². The van der Waals surface area contributed by atoms with E-state index < -0.39 is 5.91 Å². The van der Waals surface area contributed by atoms with E-state index >= 15 is 0 Å². The molecule has 156 valence electrons. The Bertz CT molecular complexity index is 1280. The van der Waals surface area contributed by atoms with Gasteiger partial charge in [0.2, 0.25) is 11.4 Å². The minimum Gasteiger partial charge on any atom is -0.272 e. The van der Waals surface area contributed by atoms with Gasteiger partial charge in [-0.2, -0.15) is 15.3 Å². The number of hydrogen-bond donors (Lipinski definition) is 3. The molecule has 31 heavy (non-hydrogen) atoms. The fraction of sp³-hybridized carbons (Fsp3) is 0.0909. The van der Waals surface area contributed by atoms with Gasteiger partial charge in [0, 0.05) is 29.6 Å². The van der Waals surface area contributed by atoms with Crippen LogP contribution in [0.25, 0.3) is 16.9 Å². The maximum atomic E-state index is 12.5. The Morgan fingerprint density at radius 3 is 2.65 bits per heavy atom. The quantitative estimate of drug-likeness (QED) is 0.238. The number of nitrogens with one attached hydrogen (secondary N) is 3. The lowest BCUT2D eigenvalue weighted by Gasteiger charge is -1.99. The lowest BCUT2D eigenvalue weighted by molar-refractivity contribution is -0.661. The van der Waals surface area contributed by atoms with E-state index in [1.54, 1.807) is 24.3 Å². The van der Waals surface area contributed by atoms with Gasteiger partial charge in [0.1, 0.15) is 11.4 Å². The Morgan fingerprint density at radius 2 is 1.90 bits per heavy atom. The molecule has 0 unspecified atom stereocenters. The molecule has 0 saturated carbocycles. The van der Waals surface area contributed by atoms with E-state index in [0.717, 1.165) is 22.6 Å². The molecule has 0 atom stereocenters. The average Bonchev–Trinajstić information content (AvgIpc) is 3.34. The third kappa shape index (κ3) is 4.38. The number of carbonyl (C=O) groups is 1. The van der Waals surface area contributed by atoms with Gasteiger partial charge in [0.15, 0.2) is 0 Å². The van der Waals surface area contributed by atoms with Crippen LogP contribution in [0, 0.1) is 13.8 Å². The van der Waals surface area contributed by atoms with Crippen molar-refractivity contribution in [1.29, 1.82) is 0 Å². The van der Waals surface area contributed by atoms with Crippen LogP contribution in [0.1, 0.15) is 27.4 Å². The smallest absolute Gasteiger partial charge is 0.272 e. The fourth-order valence-corrected chi connectivity index (χ4v) is 3.75. The topological polar surface area (TPSA) is 89.8 Å². The number of halogens is 2. The molecule has 0 saturated heterocycles. The number of H-pyrrole nitrogens is 2. The first-order chi connectivity index (χ1) is 14.9. The second-order valence-corrected chi connectivity index (χ2v) is 7.74. The van der Waals surface area contributed by atoms with Gasteiger partial charge in [-0.3, -0.25) is 9.89 Å². The zero-order chi connectivity index (χ0) is 22.0. The lowest BCUT2D eigenvalue weighted by atomic mass is 10.1. The van der Waals surface area contributed by atoms with Crippen molar-refractivity contribution < 1.29 is 9.48 Å². The summed E-state index contributed by atoms with van der Waals surface area (Å²) >= 11 is 12.0. The number of rotatable bonds is 5. The van der Waals surface area contributed by atoms with Crippen LogP contribution in [0.3, 0.4) is 0 Å². The third-order valence-corrected chi connectivity index (χ3v) is 5.34. The van der Waals surface area contributed by atoms with E-state index in [-0.39, 0.29) is 0 Å². The predicted octanol–water partition coefficient (Wildman–Crippen LogP) is 4.37. The number of aromatic amines is 2. The molecule has 4 aromatic rings. The van der Waals surface area contributed by atoms with Crippen molar-refractivity contribution >= 4 is 35.3 Å². The van der Waals surface area contributed by atoms with Crippen molar-refractivity contribution in [2.24, 2.45) is 5.10 Å². The summed E-state index contributed by atoms with van der Waals surface area (Å²) in [5.41, 5.74) is 7.93. The van der Waals surface area contributed by atoms with Crippen LogP contribution in [0.15, 0.2) is 59.7 Å². The summed E-state index contributed by atoms with van der Waals surface area (Å²) in [6.45, 7) is 3.97. The molecule has 0 aliphatic heterocycles. The second kappa shape index (κ2) is 8.75. The van der Waals surface area contributed by atoms with Crippen molar-refractivity contribution in [3.63, 3.8) is 0 Å². The van der Waals surface area contributed by atoms with E-state index in [1.807, 2.05) is 48.9 Å². The van der Waals surface area contributed by atoms with Crippen molar-refractivity contribution in [3.8, 4) is 16.9 Å². The molecule has 1 amide bonds. The molecular formula is C22H19Cl2N6O+. The highest BCUT2D eigenvalue weighted by Gasteiger charge is 2.24. The Kier molecular flexibility index (Phi) is 5.88. The summed E-state index contributed by atoms with van der Waals surface area (Å²) in [5, 5.41) is 15.4. The molecule has 0 bridgehead atoms. The summed E-state index contributed by atoms with van der Waals surface area (Å²) < 4.78 is 1.99. The van der Waals surface area contributed by atoms with Gasteiger partial charge in [0.25, 0.3) is 5.91 Å². The number of nitrogens with zero attached hydrogens (tertiary/aromatic N) is 3. The van der Waals surface area contributed by atoms with Gasteiger partial charge in [-0.05, 0) is 25.1 Å². The standard InChI is InChI=1S/C22H18Cl2N6O/c1-13-21(14(2)30(29-13)17-6-4-3-5-7-17)19-11-20(27-26-19)22(31)28-25-12-15-8-9-16(23)10-18(15)24/h3-12H,1-2H3,(H2,26,27,28,31)/p+1/b25-12+. The number of hydrogen-bond acceptors (Lipinski definition) is 3. The Hall–Kier alpha value is -3.42. The molecule has 2 heterocycles. The molecule has 0 fully saturated rings. The lowest BCUT2D eigenvalue weighted by Crippen LogP contribution is -2.35. The van der Waals surface area contributed by atoms with Crippen molar-refractivity contribution in [2.75, 3.05) is 0 Å². The van der Waals surface area contributed by atoms with E-state index in [2.05, 4.69) is 25.8 Å². The van der Waals surface area contributed by atoms with E-state index in [1.165, 1.54) is 6.21 Å². The molecule has 0 aliphatic rings. The maximum Gasteiger partial charge on any atom is 0.289 e. The average molecular weight is 454 g/mol. The molecule has 3 N–H and O–H groups in total.